The van der Waals surface area contributed by atoms with Gasteiger partial charge in [0.05, 0.1) is 10.3 Å². The van der Waals surface area contributed by atoms with Crippen molar-refractivity contribution in [1.82, 2.24) is 0 Å². The Morgan fingerprint density at radius 2 is 1.80 bits per heavy atom. The first-order chi connectivity index (χ1) is 9.47. The van der Waals surface area contributed by atoms with Crippen LogP contribution in [0.15, 0.2) is 42.5 Å². The summed E-state index contributed by atoms with van der Waals surface area (Å²) in [4.78, 5) is 10.2. The van der Waals surface area contributed by atoms with Crippen LogP contribution in [0, 0.1) is 24.0 Å². The highest BCUT2D eigenvalue weighted by Gasteiger charge is 2.12. The number of hydrogen-bond donors (Lipinski definition) is 0. The Labute approximate surface area is 123 Å². The third-order valence-electron chi connectivity index (χ3n) is 3.32. The molecule has 0 spiro atoms. The first-order valence-corrected chi connectivity index (χ1v) is 6.85. The van der Waals surface area contributed by atoms with E-state index in [1.165, 1.54) is 23.3 Å². The van der Waals surface area contributed by atoms with Gasteiger partial charge in [0.25, 0.3) is 5.69 Å². The van der Waals surface area contributed by atoms with E-state index in [2.05, 4.69) is 13.0 Å². The topological polar surface area (TPSA) is 43.1 Å². The maximum Gasteiger partial charge on any atom is 0.269 e. The molecule has 0 radical (unpaired) electrons. The molecular formula is C16H16ClNO2. The predicted octanol–water partition coefficient (Wildman–Crippen LogP) is 4.73. The van der Waals surface area contributed by atoms with Crippen LogP contribution in [-0.2, 0) is 6.42 Å². The normalized spacial score (nSPS) is 12.2. The molecule has 3 nitrogen and oxygen atoms in total. The van der Waals surface area contributed by atoms with Gasteiger partial charge in [0, 0.05) is 12.1 Å². The molecule has 2 aromatic carbocycles. The van der Waals surface area contributed by atoms with Crippen LogP contribution in [0.25, 0.3) is 0 Å². The van der Waals surface area contributed by atoms with E-state index in [4.69, 9.17) is 11.6 Å². The Morgan fingerprint density at radius 3 is 2.35 bits per heavy atom. The van der Waals surface area contributed by atoms with E-state index >= 15 is 0 Å². The molecule has 0 aromatic heterocycles. The molecule has 0 bridgehead atoms. The smallest absolute Gasteiger partial charge is 0.258 e. The van der Waals surface area contributed by atoms with E-state index in [1.54, 1.807) is 12.1 Å². The fourth-order valence-corrected chi connectivity index (χ4v) is 2.67. The van der Waals surface area contributed by atoms with Gasteiger partial charge >= 0.3 is 0 Å². The highest BCUT2D eigenvalue weighted by Crippen LogP contribution is 2.28. The van der Waals surface area contributed by atoms with Gasteiger partial charge in [0.1, 0.15) is 0 Å². The van der Waals surface area contributed by atoms with Crippen LogP contribution >= 0.6 is 11.6 Å². The molecule has 0 aliphatic rings. The fraction of sp³-hybridized carbons (Fsp3) is 0.250. The summed E-state index contributed by atoms with van der Waals surface area (Å²) in [6.07, 6.45) is 0.656. The first kappa shape index (κ1) is 14.5. The minimum absolute atomic E-state index is 0.103. The van der Waals surface area contributed by atoms with Gasteiger partial charge in [-0.2, -0.15) is 0 Å². The lowest BCUT2D eigenvalue weighted by molar-refractivity contribution is -0.384. The Kier molecular flexibility index (Phi) is 4.40. The minimum atomic E-state index is -0.397. The summed E-state index contributed by atoms with van der Waals surface area (Å²) < 4.78 is 0. The molecule has 2 rings (SSSR count). The van der Waals surface area contributed by atoms with Crippen LogP contribution in [0.4, 0.5) is 5.69 Å². The van der Waals surface area contributed by atoms with Crippen LogP contribution in [-0.4, -0.2) is 4.92 Å². The number of nitro benzene ring substituents is 1. The summed E-state index contributed by atoms with van der Waals surface area (Å²) in [5.74, 6) is 0. The van der Waals surface area contributed by atoms with Crippen molar-refractivity contribution in [2.24, 2.45) is 0 Å². The molecule has 0 saturated heterocycles. The number of halogens is 1. The van der Waals surface area contributed by atoms with Gasteiger partial charge in [-0.3, -0.25) is 10.1 Å². The quantitative estimate of drug-likeness (QED) is 0.464. The Balaban J connectivity index is 2.14. The van der Waals surface area contributed by atoms with Gasteiger partial charge in [-0.15, -0.1) is 11.6 Å². The molecule has 1 atom stereocenters. The molecule has 0 amide bonds. The number of hydrogen-bond acceptors (Lipinski definition) is 2. The Bertz CT molecular complexity index is 623. The Hall–Kier alpha value is -1.87. The molecular weight excluding hydrogens is 274 g/mol. The van der Waals surface area contributed by atoms with E-state index in [-0.39, 0.29) is 11.1 Å². The van der Waals surface area contributed by atoms with E-state index < -0.39 is 4.92 Å². The van der Waals surface area contributed by atoms with Crippen molar-refractivity contribution in [3.8, 4) is 0 Å². The SMILES string of the molecule is Cc1ccc(C(Cl)Cc2ccc([N+](=O)[O-])cc2)c(C)c1. The van der Waals surface area contributed by atoms with E-state index in [9.17, 15) is 10.1 Å². The van der Waals surface area contributed by atoms with Gasteiger partial charge in [-0.05, 0) is 37.0 Å². The van der Waals surface area contributed by atoms with E-state index in [1.807, 2.05) is 19.1 Å². The molecule has 1 unspecified atom stereocenters. The third kappa shape index (κ3) is 3.36. The number of rotatable bonds is 4. The summed E-state index contributed by atoms with van der Waals surface area (Å²) in [5.41, 5.74) is 4.59. The lowest BCUT2D eigenvalue weighted by Gasteiger charge is -2.13. The molecule has 104 valence electrons. The predicted molar refractivity (Wildman–Crippen MR) is 81.3 cm³/mol. The maximum atomic E-state index is 10.6. The summed E-state index contributed by atoms with van der Waals surface area (Å²) in [5, 5.41) is 10.5. The van der Waals surface area contributed by atoms with Crippen molar-refractivity contribution < 1.29 is 4.92 Å². The number of aryl methyl sites for hydroxylation is 2. The second-order valence-corrected chi connectivity index (χ2v) is 5.48. The molecule has 0 heterocycles. The largest absolute Gasteiger partial charge is 0.269 e. The zero-order valence-electron chi connectivity index (χ0n) is 11.5. The van der Waals surface area contributed by atoms with Crippen molar-refractivity contribution in [2.45, 2.75) is 25.6 Å². The summed E-state index contributed by atoms with van der Waals surface area (Å²) in [7, 11) is 0. The highest BCUT2D eigenvalue weighted by molar-refractivity contribution is 6.21. The average molecular weight is 290 g/mol. The second kappa shape index (κ2) is 6.06. The number of nitro groups is 1. The molecule has 0 aliphatic carbocycles. The molecule has 0 aliphatic heterocycles. The summed E-state index contributed by atoms with van der Waals surface area (Å²) >= 11 is 6.47. The van der Waals surface area contributed by atoms with Crippen LogP contribution in [0.2, 0.25) is 0 Å². The maximum absolute atomic E-state index is 10.6. The minimum Gasteiger partial charge on any atom is -0.258 e. The van der Waals surface area contributed by atoms with Gasteiger partial charge < -0.3 is 0 Å². The number of nitrogens with zero attached hydrogens (tertiary/aromatic N) is 1. The number of non-ortho nitro benzene ring substituents is 1. The lowest BCUT2D eigenvalue weighted by atomic mass is 9.98. The van der Waals surface area contributed by atoms with Crippen molar-refractivity contribution in [2.75, 3.05) is 0 Å². The fourth-order valence-electron chi connectivity index (χ4n) is 2.25. The number of alkyl halides is 1. The molecule has 4 heteroatoms. The Morgan fingerprint density at radius 1 is 1.15 bits per heavy atom. The monoisotopic (exact) mass is 289 g/mol. The van der Waals surface area contributed by atoms with Crippen molar-refractivity contribution in [1.29, 1.82) is 0 Å². The van der Waals surface area contributed by atoms with E-state index in [0.717, 1.165) is 11.1 Å². The van der Waals surface area contributed by atoms with Gasteiger partial charge in [0.15, 0.2) is 0 Å². The first-order valence-electron chi connectivity index (χ1n) is 6.42. The molecule has 2 aromatic rings. The summed E-state index contributed by atoms with van der Waals surface area (Å²) in [6, 6.07) is 12.8. The van der Waals surface area contributed by atoms with Crippen LogP contribution in [0.3, 0.4) is 0 Å². The molecule has 0 N–H and O–H groups in total. The van der Waals surface area contributed by atoms with Crippen LogP contribution < -0.4 is 0 Å². The van der Waals surface area contributed by atoms with E-state index in [0.29, 0.717) is 6.42 Å². The van der Waals surface area contributed by atoms with Gasteiger partial charge in [-0.1, -0.05) is 35.9 Å². The molecule has 20 heavy (non-hydrogen) atoms. The molecule has 0 saturated carbocycles. The highest BCUT2D eigenvalue weighted by atomic mass is 35.5. The third-order valence-corrected chi connectivity index (χ3v) is 3.71. The molecule has 0 fully saturated rings. The standard InChI is InChI=1S/C16H16ClNO2/c1-11-3-8-15(12(2)9-11)16(17)10-13-4-6-14(7-5-13)18(19)20/h3-9,16H,10H2,1-2H3. The van der Waals surface area contributed by atoms with Crippen LogP contribution in [0.5, 0.6) is 0 Å². The zero-order chi connectivity index (χ0) is 14.7. The number of benzene rings is 2. The van der Waals surface area contributed by atoms with Crippen molar-refractivity contribution >= 4 is 17.3 Å². The zero-order valence-corrected chi connectivity index (χ0v) is 12.2. The van der Waals surface area contributed by atoms with Crippen LogP contribution in [0.1, 0.15) is 27.6 Å². The van der Waals surface area contributed by atoms with Crippen molar-refractivity contribution in [3.63, 3.8) is 0 Å². The van der Waals surface area contributed by atoms with Gasteiger partial charge in [-0.25, -0.2) is 0 Å². The average Bonchev–Trinajstić information content (AvgIpc) is 2.39. The van der Waals surface area contributed by atoms with Gasteiger partial charge in [0.2, 0.25) is 0 Å². The van der Waals surface area contributed by atoms with Crippen molar-refractivity contribution in [3.05, 3.63) is 74.8 Å². The second-order valence-electron chi connectivity index (χ2n) is 4.96. The summed E-state index contributed by atoms with van der Waals surface area (Å²) in [6.45, 7) is 4.10. The lowest BCUT2D eigenvalue weighted by Crippen LogP contribution is -1.99.